The maximum absolute atomic E-state index is 5.91. The Labute approximate surface area is 127 Å². The number of hydrogen-bond acceptors (Lipinski definition) is 3. The Hall–Kier alpha value is -0.590. The lowest BCUT2D eigenvalue weighted by Gasteiger charge is -2.23. The topological polar surface area (TPSA) is 53.6 Å². The van der Waals surface area contributed by atoms with Crippen LogP contribution in [0.3, 0.4) is 0 Å². The summed E-state index contributed by atoms with van der Waals surface area (Å²) < 4.78 is 1.14. The van der Waals surface area contributed by atoms with Gasteiger partial charge in [0.1, 0.15) is 0 Å². The van der Waals surface area contributed by atoms with E-state index >= 15 is 0 Å². The quantitative estimate of drug-likeness (QED) is 0.637. The van der Waals surface area contributed by atoms with Crippen LogP contribution < -0.4 is 11.1 Å². The normalized spacial score (nSPS) is 20.9. The molecule has 0 saturated carbocycles. The number of rotatable bonds is 5. The highest BCUT2D eigenvalue weighted by atomic mass is 79.9. The Balaban J connectivity index is 1.77. The summed E-state index contributed by atoms with van der Waals surface area (Å²) in [6.45, 7) is 6.07. The highest BCUT2D eigenvalue weighted by molar-refractivity contribution is 9.11. The van der Waals surface area contributed by atoms with Gasteiger partial charge in [0.15, 0.2) is 5.96 Å². The molecule has 19 heavy (non-hydrogen) atoms. The predicted molar refractivity (Wildman–Crippen MR) is 85.6 cm³/mol. The molecule has 1 aromatic rings. The van der Waals surface area contributed by atoms with Crippen LogP contribution in [0.4, 0.5) is 0 Å². The van der Waals surface area contributed by atoms with Crippen molar-refractivity contribution in [3.63, 3.8) is 0 Å². The van der Waals surface area contributed by atoms with Gasteiger partial charge in [0.2, 0.25) is 0 Å². The van der Waals surface area contributed by atoms with Gasteiger partial charge >= 0.3 is 0 Å². The summed E-state index contributed by atoms with van der Waals surface area (Å²) in [4.78, 5) is 6.88. The molecule has 0 spiro atoms. The monoisotopic (exact) mass is 344 g/mol. The summed E-state index contributed by atoms with van der Waals surface area (Å²) in [7, 11) is 0. The lowest BCUT2D eigenvalue weighted by atomic mass is 10.2. The molecule has 0 amide bonds. The summed E-state index contributed by atoms with van der Waals surface area (Å²) in [6.07, 6.45) is 2.54. The van der Waals surface area contributed by atoms with E-state index in [0.29, 0.717) is 18.5 Å². The molecule has 1 unspecified atom stereocenters. The Morgan fingerprint density at radius 3 is 3.21 bits per heavy atom. The van der Waals surface area contributed by atoms with Crippen molar-refractivity contribution >= 4 is 33.2 Å². The molecule has 2 rings (SSSR count). The number of likely N-dealkylation sites (tertiary alicyclic amines) is 1. The van der Waals surface area contributed by atoms with Gasteiger partial charge in [0.05, 0.1) is 10.3 Å². The van der Waals surface area contributed by atoms with Gasteiger partial charge in [-0.2, -0.15) is 0 Å². The second-order valence-electron chi connectivity index (χ2n) is 4.73. The Morgan fingerprint density at radius 1 is 1.68 bits per heavy atom. The van der Waals surface area contributed by atoms with Crippen LogP contribution in [0.15, 0.2) is 20.2 Å². The second kappa shape index (κ2) is 7.26. The third-order valence-electron chi connectivity index (χ3n) is 3.54. The Kier molecular flexibility index (Phi) is 5.66. The molecule has 2 heterocycles. The number of halogens is 1. The number of nitrogens with zero attached hydrogens (tertiary/aromatic N) is 2. The fraction of sp³-hybridized carbons (Fsp3) is 0.615. The van der Waals surface area contributed by atoms with Crippen LogP contribution in [0.5, 0.6) is 0 Å². The minimum atomic E-state index is 0.543. The molecule has 3 N–H and O–H groups in total. The fourth-order valence-electron chi connectivity index (χ4n) is 2.42. The van der Waals surface area contributed by atoms with E-state index in [1.807, 2.05) is 0 Å². The van der Waals surface area contributed by atoms with Crippen molar-refractivity contribution in [1.29, 1.82) is 0 Å². The van der Waals surface area contributed by atoms with Crippen molar-refractivity contribution in [2.24, 2.45) is 10.7 Å². The number of nitrogens with one attached hydrogen (secondary N) is 1. The van der Waals surface area contributed by atoms with Crippen molar-refractivity contribution in [2.75, 3.05) is 19.6 Å². The number of aliphatic imine (C=N–C) groups is 1. The van der Waals surface area contributed by atoms with Crippen molar-refractivity contribution in [3.8, 4) is 0 Å². The van der Waals surface area contributed by atoms with Gasteiger partial charge < -0.3 is 11.1 Å². The van der Waals surface area contributed by atoms with E-state index in [4.69, 9.17) is 5.73 Å². The van der Waals surface area contributed by atoms with E-state index in [0.717, 1.165) is 16.9 Å². The van der Waals surface area contributed by atoms with E-state index in [2.05, 4.69) is 49.5 Å². The van der Waals surface area contributed by atoms with E-state index < -0.39 is 0 Å². The second-order valence-corrected chi connectivity index (χ2v) is 6.96. The number of hydrogen-bond donors (Lipinski definition) is 2. The van der Waals surface area contributed by atoms with Crippen LogP contribution in [-0.2, 0) is 6.54 Å². The molecule has 4 nitrogen and oxygen atoms in total. The minimum absolute atomic E-state index is 0.543. The SMILES string of the molecule is CCN1CCCC1CNC(N)=NCc1ccsc1Br. The van der Waals surface area contributed by atoms with Gasteiger partial charge in [-0.1, -0.05) is 6.92 Å². The molecule has 1 fully saturated rings. The van der Waals surface area contributed by atoms with Gasteiger partial charge in [0, 0.05) is 12.6 Å². The molecule has 0 radical (unpaired) electrons. The first-order chi connectivity index (χ1) is 9.20. The summed E-state index contributed by atoms with van der Waals surface area (Å²) in [5.41, 5.74) is 7.10. The zero-order valence-corrected chi connectivity index (χ0v) is 13.6. The van der Waals surface area contributed by atoms with Gasteiger partial charge in [-0.15, -0.1) is 11.3 Å². The van der Waals surface area contributed by atoms with Gasteiger partial charge in [-0.05, 0) is 58.9 Å². The third-order valence-corrected chi connectivity index (χ3v) is 5.35. The average Bonchev–Trinajstić information content (AvgIpc) is 3.02. The fourth-order valence-corrected chi connectivity index (χ4v) is 3.64. The van der Waals surface area contributed by atoms with Crippen LogP contribution in [0.2, 0.25) is 0 Å². The van der Waals surface area contributed by atoms with Crippen molar-refractivity contribution < 1.29 is 0 Å². The lowest BCUT2D eigenvalue weighted by Crippen LogP contribution is -2.42. The minimum Gasteiger partial charge on any atom is -0.370 e. The number of guanidine groups is 1. The molecular formula is C13H21BrN4S. The standard InChI is InChI=1S/C13H21BrN4S/c1-2-18-6-3-4-11(18)9-17-13(15)16-8-10-5-7-19-12(10)14/h5,7,11H,2-4,6,8-9H2,1H3,(H3,15,16,17). The van der Waals surface area contributed by atoms with Crippen LogP contribution in [-0.4, -0.2) is 36.5 Å². The largest absolute Gasteiger partial charge is 0.370 e. The Bertz CT molecular complexity index is 432. The lowest BCUT2D eigenvalue weighted by molar-refractivity contribution is 0.267. The number of thiophene rings is 1. The van der Waals surface area contributed by atoms with Crippen molar-refractivity contribution in [3.05, 3.63) is 20.8 Å². The zero-order valence-electron chi connectivity index (χ0n) is 11.2. The van der Waals surface area contributed by atoms with Crippen LogP contribution in [0.25, 0.3) is 0 Å². The molecule has 0 aromatic carbocycles. The molecule has 1 aromatic heterocycles. The van der Waals surface area contributed by atoms with Gasteiger partial charge in [-0.25, -0.2) is 4.99 Å². The maximum Gasteiger partial charge on any atom is 0.188 e. The zero-order chi connectivity index (χ0) is 13.7. The van der Waals surface area contributed by atoms with Crippen molar-refractivity contribution in [2.45, 2.75) is 32.4 Å². The summed E-state index contributed by atoms with van der Waals surface area (Å²) in [5.74, 6) is 0.543. The summed E-state index contributed by atoms with van der Waals surface area (Å²) in [6, 6.07) is 2.67. The first kappa shape index (κ1) is 14.8. The predicted octanol–water partition coefficient (Wildman–Crippen LogP) is 2.40. The highest BCUT2D eigenvalue weighted by Gasteiger charge is 2.22. The van der Waals surface area contributed by atoms with E-state index in [9.17, 15) is 0 Å². The molecule has 1 aliphatic rings. The molecule has 1 aliphatic heterocycles. The maximum atomic E-state index is 5.91. The molecule has 6 heteroatoms. The van der Waals surface area contributed by atoms with Gasteiger partial charge in [0.25, 0.3) is 0 Å². The molecule has 0 bridgehead atoms. The molecule has 106 valence electrons. The van der Waals surface area contributed by atoms with Crippen LogP contribution >= 0.6 is 27.3 Å². The van der Waals surface area contributed by atoms with Crippen LogP contribution in [0.1, 0.15) is 25.3 Å². The molecule has 1 saturated heterocycles. The first-order valence-corrected chi connectivity index (χ1v) is 8.37. The van der Waals surface area contributed by atoms with Crippen LogP contribution in [0, 0.1) is 0 Å². The summed E-state index contributed by atoms with van der Waals surface area (Å²) >= 11 is 5.18. The van der Waals surface area contributed by atoms with E-state index in [-0.39, 0.29) is 0 Å². The number of nitrogens with two attached hydrogens (primary N) is 1. The van der Waals surface area contributed by atoms with E-state index in [1.165, 1.54) is 24.9 Å². The molecular weight excluding hydrogens is 324 g/mol. The van der Waals surface area contributed by atoms with E-state index in [1.54, 1.807) is 11.3 Å². The highest BCUT2D eigenvalue weighted by Crippen LogP contribution is 2.23. The number of likely N-dealkylation sites (N-methyl/N-ethyl adjacent to an activating group) is 1. The molecule has 1 atom stereocenters. The molecule has 0 aliphatic carbocycles. The van der Waals surface area contributed by atoms with Crippen molar-refractivity contribution in [1.82, 2.24) is 10.2 Å². The first-order valence-electron chi connectivity index (χ1n) is 6.70. The van der Waals surface area contributed by atoms with Gasteiger partial charge in [-0.3, -0.25) is 4.90 Å². The third kappa shape index (κ3) is 4.19. The summed E-state index contributed by atoms with van der Waals surface area (Å²) in [5, 5.41) is 5.30. The smallest absolute Gasteiger partial charge is 0.188 e. The average molecular weight is 345 g/mol. The Morgan fingerprint density at radius 2 is 2.53 bits per heavy atom.